The van der Waals surface area contributed by atoms with Crippen molar-refractivity contribution in [3.8, 4) is 0 Å². The maximum atomic E-state index is 11.4. The van der Waals surface area contributed by atoms with Crippen LogP contribution in [0.25, 0.3) is 0 Å². The van der Waals surface area contributed by atoms with E-state index in [9.17, 15) is 4.79 Å². The van der Waals surface area contributed by atoms with Crippen LogP contribution in [0.3, 0.4) is 0 Å². The van der Waals surface area contributed by atoms with Crippen LogP contribution in [0.5, 0.6) is 0 Å². The molecule has 18 heavy (non-hydrogen) atoms. The Labute approximate surface area is 109 Å². The lowest BCUT2D eigenvalue weighted by atomic mass is 10.1. The molecule has 1 atom stereocenters. The Balaban J connectivity index is 2.26. The van der Waals surface area contributed by atoms with Crippen molar-refractivity contribution < 1.29 is 4.79 Å². The third-order valence-corrected chi connectivity index (χ3v) is 3.46. The molecule has 1 amide bonds. The van der Waals surface area contributed by atoms with E-state index in [1.165, 1.54) is 0 Å². The zero-order valence-electron chi connectivity index (χ0n) is 9.88. The van der Waals surface area contributed by atoms with Gasteiger partial charge in [-0.25, -0.2) is 4.98 Å². The predicted molar refractivity (Wildman–Crippen MR) is 73.5 cm³/mol. The average molecular weight is 262 g/mol. The number of primary amides is 1. The molecule has 2 rings (SSSR count). The van der Waals surface area contributed by atoms with Crippen molar-refractivity contribution in [1.29, 1.82) is 0 Å². The van der Waals surface area contributed by atoms with E-state index in [-0.39, 0.29) is 6.04 Å². The van der Waals surface area contributed by atoms with E-state index in [4.69, 9.17) is 11.5 Å². The summed E-state index contributed by atoms with van der Waals surface area (Å²) in [6, 6.07) is 5.05. The van der Waals surface area contributed by atoms with Gasteiger partial charge >= 0.3 is 0 Å². The number of thiazole rings is 1. The molecule has 5 N–H and O–H groups in total. The summed E-state index contributed by atoms with van der Waals surface area (Å²) in [5.41, 5.74) is 12.5. The van der Waals surface area contributed by atoms with Gasteiger partial charge in [0.2, 0.25) is 0 Å². The number of carbonyl (C=O) groups excluding carboxylic acids is 1. The van der Waals surface area contributed by atoms with Crippen LogP contribution in [0, 0.1) is 0 Å². The van der Waals surface area contributed by atoms with E-state index in [2.05, 4.69) is 10.3 Å². The lowest BCUT2D eigenvalue weighted by Crippen LogP contribution is -2.16. The highest BCUT2D eigenvalue weighted by atomic mass is 32.1. The highest BCUT2D eigenvalue weighted by Gasteiger charge is 2.13. The summed E-state index contributed by atoms with van der Waals surface area (Å²) in [5.74, 6) is -0.504. The van der Waals surface area contributed by atoms with Gasteiger partial charge in [-0.15, -0.1) is 11.3 Å². The van der Waals surface area contributed by atoms with E-state index >= 15 is 0 Å². The molecule has 5 nitrogen and oxygen atoms in total. The predicted octanol–water partition coefficient (Wildman–Crippen LogP) is 2.00. The second kappa shape index (κ2) is 5.05. The summed E-state index contributed by atoms with van der Waals surface area (Å²) in [5, 5.41) is 6.07. The van der Waals surface area contributed by atoms with E-state index in [0.29, 0.717) is 16.9 Å². The molecule has 1 aromatic heterocycles. The van der Waals surface area contributed by atoms with Gasteiger partial charge in [0.25, 0.3) is 5.91 Å². The fourth-order valence-electron chi connectivity index (χ4n) is 1.63. The van der Waals surface area contributed by atoms with Crippen LogP contribution in [0.2, 0.25) is 0 Å². The first-order valence-corrected chi connectivity index (χ1v) is 6.31. The molecule has 0 bridgehead atoms. The molecule has 94 valence electrons. The molecule has 0 spiro atoms. The smallest absolute Gasteiger partial charge is 0.250 e. The third kappa shape index (κ3) is 2.60. The van der Waals surface area contributed by atoms with Crippen molar-refractivity contribution in [2.45, 2.75) is 13.0 Å². The maximum Gasteiger partial charge on any atom is 0.250 e. The normalized spacial score (nSPS) is 12.1. The number of benzene rings is 1. The Morgan fingerprint density at radius 3 is 2.89 bits per heavy atom. The maximum absolute atomic E-state index is 11.4. The van der Waals surface area contributed by atoms with Crippen molar-refractivity contribution in [1.82, 2.24) is 4.98 Å². The molecular formula is C12H14N4OS. The van der Waals surface area contributed by atoms with Gasteiger partial charge in [0.15, 0.2) is 0 Å². The van der Waals surface area contributed by atoms with Crippen LogP contribution in [-0.4, -0.2) is 10.9 Å². The summed E-state index contributed by atoms with van der Waals surface area (Å²) in [7, 11) is 0. The molecule has 6 heteroatoms. The fraction of sp³-hybridized carbons (Fsp3) is 0.167. The Kier molecular flexibility index (Phi) is 3.47. The van der Waals surface area contributed by atoms with Crippen molar-refractivity contribution in [3.63, 3.8) is 0 Å². The minimum absolute atomic E-state index is 0.00623. The van der Waals surface area contributed by atoms with Gasteiger partial charge in [0.1, 0.15) is 5.01 Å². The van der Waals surface area contributed by atoms with Crippen molar-refractivity contribution in [2.75, 3.05) is 11.1 Å². The Morgan fingerprint density at radius 2 is 2.28 bits per heavy atom. The zero-order valence-corrected chi connectivity index (χ0v) is 10.7. The monoisotopic (exact) mass is 262 g/mol. The van der Waals surface area contributed by atoms with Gasteiger partial charge in [0, 0.05) is 23.0 Å². The number of anilines is 2. The number of carbonyl (C=O) groups is 1. The molecule has 0 saturated carbocycles. The number of nitrogens with zero attached hydrogens (tertiary/aromatic N) is 1. The van der Waals surface area contributed by atoms with Gasteiger partial charge in [-0.3, -0.25) is 4.79 Å². The van der Waals surface area contributed by atoms with E-state index in [1.54, 1.807) is 35.7 Å². The number of aromatic nitrogens is 1. The second-order valence-corrected chi connectivity index (χ2v) is 4.83. The van der Waals surface area contributed by atoms with Crippen LogP contribution in [0.1, 0.15) is 28.3 Å². The third-order valence-electron chi connectivity index (χ3n) is 2.50. The first-order valence-electron chi connectivity index (χ1n) is 5.43. The Morgan fingerprint density at radius 1 is 1.50 bits per heavy atom. The topological polar surface area (TPSA) is 94.0 Å². The van der Waals surface area contributed by atoms with Crippen LogP contribution in [0.15, 0.2) is 29.8 Å². The largest absolute Gasteiger partial charge is 0.399 e. The van der Waals surface area contributed by atoms with Crippen LogP contribution in [0.4, 0.5) is 11.4 Å². The van der Waals surface area contributed by atoms with Crippen LogP contribution < -0.4 is 16.8 Å². The number of nitrogen functional groups attached to an aromatic ring is 1. The van der Waals surface area contributed by atoms with E-state index in [1.807, 2.05) is 12.3 Å². The van der Waals surface area contributed by atoms with Gasteiger partial charge in [-0.2, -0.15) is 0 Å². The number of hydrogen-bond acceptors (Lipinski definition) is 5. The molecular weight excluding hydrogens is 248 g/mol. The average Bonchev–Trinajstić information content (AvgIpc) is 2.84. The van der Waals surface area contributed by atoms with Crippen molar-refractivity contribution in [3.05, 3.63) is 40.3 Å². The number of hydrogen-bond donors (Lipinski definition) is 3. The Bertz CT molecular complexity index is 553. The quantitative estimate of drug-likeness (QED) is 0.734. The molecule has 0 fully saturated rings. The molecule has 0 aliphatic rings. The van der Waals surface area contributed by atoms with E-state index in [0.717, 1.165) is 5.01 Å². The number of nitrogens with one attached hydrogen (secondary N) is 1. The summed E-state index contributed by atoms with van der Waals surface area (Å²) < 4.78 is 0. The van der Waals surface area contributed by atoms with Crippen molar-refractivity contribution in [2.24, 2.45) is 5.73 Å². The molecule has 1 aromatic carbocycles. The van der Waals surface area contributed by atoms with Crippen molar-refractivity contribution >= 4 is 28.6 Å². The molecule has 0 radical (unpaired) electrons. The Hall–Kier alpha value is -2.08. The first kappa shape index (κ1) is 12.4. The standard InChI is InChI=1S/C12H14N4OS/c1-7(12-15-4-5-18-12)16-10-3-2-8(13)6-9(10)11(14)17/h2-7,16H,13H2,1H3,(H2,14,17). The number of nitrogens with two attached hydrogens (primary N) is 2. The van der Waals surface area contributed by atoms with Gasteiger partial charge in [-0.1, -0.05) is 0 Å². The summed E-state index contributed by atoms with van der Waals surface area (Å²) >= 11 is 1.55. The minimum atomic E-state index is -0.504. The van der Waals surface area contributed by atoms with E-state index < -0.39 is 5.91 Å². The molecule has 1 unspecified atom stereocenters. The lowest BCUT2D eigenvalue weighted by molar-refractivity contribution is 0.100. The summed E-state index contributed by atoms with van der Waals surface area (Å²) in [6.07, 6.45) is 1.75. The van der Waals surface area contributed by atoms with Crippen LogP contribution >= 0.6 is 11.3 Å². The molecule has 2 aromatic rings. The minimum Gasteiger partial charge on any atom is -0.399 e. The molecule has 0 aliphatic carbocycles. The zero-order chi connectivity index (χ0) is 13.1. The van der Waals surface area contributed by atoms with Gasteiger partial charge in [0.05, 0.1) is 11.6 Å². The lowest BCUT2D eigenvalue weighted by Gasteiger charge is -2.15. The first-order chi connectivity index (χ1) is 8.58. The number of rotatable bonds is 4. The SMILES string of the molecule is CC(Nc1ccc(N)cc1C(N)=O)c1nccs1. The number of amides is 1. The molecule has 1 heterocycles. The second-order valence-electron chi connectivity index (χ2n) is 3.91. The fourth-order valence-corrected chi connectivity index (χ4v) is 2.28. The van der Waals surface area contributed by atoms with Gasteiger partial charge in [-0.05, 0) is 25.1 Å². The highest BCUT2D eigenvalue weighted by molar-refractivity contribution is 7.09. The summed E-state index contributed by atoms with van der Waals surface area (Å²) in [4.78, 5) is 15.6. The highest BCUT2D eigenvalue weighted by Crippen LogP contribution is 2.24. The molecule has 0 saturated heterocycles. The molecule has 0 aliphatic heterocycles. The summed E-state index contributed by atoms with van der Waals surface area (Å²) in [6.45, 7) is 1.97. The van der Waals surface area contributed by atoms with Gasteiger partial charge < -0.3 is 16.8 Å². The van der Waals surface area contributed by atoms with Crippen LogP contribution in [-0.2, 0) is 0 Å².